The van der Waals surface area contributed by atoms with E-state index in [1.165, 1.54) is 6.08 Å². The highest BCUT2D eigenvalue weighted by molar-refractivity contribution is 5.83. The quantitative estimate of drug-likeness (QED) is 0.792. The summed E-state index contributed by atoms with van der Waals surface area (Å²) in [4.78, 5) is 12.7. The van der Waals surface area contributed by atoms with Gasteiger partial charge in [-0.2, -0.15) is 0 Å². The van der Waals surface area contributed by atoms with Crippen LogP contribution in [0.4, 0.5) is 4.39 Å². The molecule has 0 radical (unpaired) electrons. The number of ketones is 1. The van der Waals surface area contributed by atoms with Crippen LogP contribution in [0.25, 0.3) is 0 Å². The van der Waals surface area contributed by atoms with Crippen LogP contribution in [0.15, 0.2) is 24.1 Å². The summed E-state index contributed by atoms with van der Waals surface area (Å²) in [6, 6.07) is 0. The van der Waals surface area contributed by atoms with Gasteiger partial charge in [0.2, 0.25) is 0 Å². The Labute approximate surface area is 140 Å². The molecule has 5 nitrogen and oxygen atoms in total. The Balaban J connectivity index is 1.58. The third-order valence-electron chi connectivity index (χ3n) is 5.52. The monoisotopic (exact) mass is 338 g/mol. The van der Waals surface area contributed by atoms with Gasteiger partial charge in [0, 0.05) is 24.2 Å². The van der Waals surface area contributed by atoms with Gasteiger partial charge in [0.1, 0.15) is 11.6 Å². The maximum absolute atomic E-state index is 13.3. The standard InChI is InChI=1S/C18H23FO5/c1-9-21-17(22-9)13-7-8-14(20)15(11-3-5-12(19)6-4-11)16(13)18-23-10(2)24-18/h3,5-6,9-11,13,15-18H,4,7-8H2,1-2H3/t9?,10?,11?,13-,15+,16+,17?,18?/m1/s1. The van der Waals surface area contributed by atoms with Crippen molar-refractivity contribution in [2.45, 2.75) is 58.3 Å². The lowest BCUT2D eigenvalue weighted by molar-refractivity contribution is -0.433. The zero-order chi connectivity index (χ0) is 16.8. The fourth-order valence-electron chi connectivity index (χ4n) is 4.40. The molecule has 6 heteroatoms. The molecule has 0 aromatic rings. The van der Waals surface area contributed by atoms with Crippen molar-refractivity contribution in [2.24, 2.45) is 23.7 Å². The van der Waals surface area contributed by atoms with Crippen LogP contribution in [-0.2, 0) is 23.7 Å². The SMILES string of the molecule is CC1OC([C@@H]2[C@@H](C3C=CC(F)=CC3)C(=O)CC[C@H]2C2OC(C)O2)O1. The van der Waals surface area contributed by atoms with Crippen molar-refractivity contribution in [1.29, 1.82) is 0 Å². The number of carbonyl (C=O) groups is 1. The predicted molar refractivity (Wildman–Crippen MR) is 82.0 cm³/mol. The summed E-state index contributed by atoms with van der Waals surface area (Å²) in [5.41, 5.74) is 0. The maximum Gasteiger partial charge on any atom is 0.167 e. The van der Waals surface area contributed by atoms with Crippen molar-refractivity contribution in [3.8, 4) is 0 Å². The molecule has 0 aromatic heterocycles. The van der Waals surface area contributed by atoms with E-state index in [1.807, 2.05) is 13.8 Å². The summed E-state index contributed by atoms with van der Waals surface area (Å²) in [5.74, 6) is -0.433. The zero-order valence-corrected chi connectivity index (χ0v) is 13.9. The highest BCUT2D eigenvalue weighted by atomic mass is 19.1. The van der Waals surface area contributed by atoms with Gasteiger partial charge in [0.05, 0.1) is 0 Å². The van der Waals surface area contributed by atoms with Crippen LogP contribution in [-0.4, -0.2) is 30.9 Å². The van der Waals surface area contributed by atoms with Gasteiger partial charge in [0.15, 0.2) is 25.2 Å². The van der Waals surface area contributed by atoms with Gasteiger partial charge >= 0.3 is 0 Å². The van der Waals surface area contributed by atoms with E-state index >= 15 is 0 Å². The summed E-state index contributed by atoms with van der Waals surface area (Å²) >= 11 is 0. The first-order valence-electron chi connectivity index (χ1n) is 8.71. The number of ether oxygens (including phenoxy) is 4. The highest BCUT2D eigenvalue weighted by Gasteiger charge is 2.54. The number of Topliss-reactive ketones (excluding diaryl/α,β-unsaturated/α-hetero) is 1. The second-order valence-electron chi connectivity index (χ2n) is 7.04. The van der Waals surface area contributed by atoms with Crippen LogP contribution < -0.4 is 0 Å². The predicted octanol–water partition coefficient (Wildman–Crippen LogP) is 3.07. The topological polar surface area (TPSA) is 54.0 Å². The van der Waals surface area contributed by atoms with Crippen LogP contribution >= 0.6 is 0 Å². The van der Waals surface area contributed by atoms with Gasteiger partial charge in [-0.3, -0.25) is 4.79 Å². The summed E-state index contributed by atoms with van der Waals surface area (Å²) in [6.07, 6.45) is 5.31. The fourth-order valence-corrected chi connectivity index (χ4v) is 4.40. The van der Waals surface area contributed by atoms with Crippen molar-refractivity contribution in [3.63, 3.8) is 0 Å². The number of hydrogen-bond acceptors (Lipinski definition) is 5. The van der Waals surface area contributed by atoms with Gasteiger partial charge in [-0.05, 0) is 44.8 Å². The van der Waals surface area contributed by atoms with Gasteiger partial charge in [-0.15, -0.1) is 0 Å². The average Bonchev–Trinajstić information content (AvgIpc) is 2.50. The minimum Gasteiger partial charge on any atom is -0.324 e. The minimum atomic E-state index is -0.425. The van der Waals surface area contributed by atoms with Crippen LogP contribution in [0.2, 0.25) is 0 Å². The Kier molecular flexibility index (Phi) is 4.33. The molecule has 24 heavy (non-hydrogen) atoms. The molecule has 132 valence electrons. The van der Waals surface area contributed by atoms with E-state index in [1.54, 1.807) is 12.2 Å². The van der Waals surface area contributed by atoms with Crippen molar-refractivity contribution < 1.29 is 28.1 Å². The number of hydrogen-bond donors (Lipinski definition) is 0. The first kappa shape index (κ1) is 16.4. The van der Waals surface area contributed by atoms with Crippen LogP contribution in [0, 0.1) is 23.7 Å². The van der Waals surface area contributed by atoms with E-state index < -0.39 is 6.29 Å². The molecule has 0 spiro atoms. The molecule has 4 aliphatic rings. The zero-order valence-electron chi connectivity index (χ0n) is 13.9. The Morgan fingerprint density at radius 1 is 1.08 bits per heavy atom. The van der Waals surface area contributed by atoms with Crippen molar-refractivity contribution in [1.82, 2.24) is 0 Å². The van der Waals surface area contributed by atoms with Crippen molar-refractivity contribution in [2.75, 3.05) is 0 Å². The lowest BCUT2D eigenvalue weighted by atomic mass is 9.64. The number of halogens is 1. The van der Waals surface area contributed by atoms with Crippen LogP contribution in [0.3, 0.4) is 0 Å². The number of allylic oxidation sites excluding steroid dienone is 4. The van der Waals surface area contributed by atoms with Gasteiger partial charge in [-0.1, -0.05) is 6.08 Å². The van der Waals surface area contributed by atoms with Gasteiger partial charge < -0.3 is 18.9 Å². The normalized spacial score (nSPS) is 48.5. The summed E-state index contributed by atoms with van der Waals surface area (Å²) in [7, 11) is 0. The largest absolute Gasteiger partial charge is 0.324 e. The Bertz CT molecular complexity index is 562. The lowest BCUT2D eigenvalue weighted by Crippen LogP contribution is -2.58. The molecule has 4 rings (SSSR count). The van der Waals surface area contributed by atoms with Gasteiger partial charge in [-0.25, -0.2) is 4.39 Å². The van der Waals surface area contributed by atoms with Crippen molar-refractivity contribution >= 4 is 5.78 Å². The van der Waals surface area contributed by atoms with Crippen LogP contribution in [0.5, 0.6) is 0 Å². The van der Waals surface area contributed by atoms with Crippen LogP contribution in [0.1, 0.15) is 33.1 Å². The molecule has 1 saturated carbocycles. The third-order valence-corrected chi connectivity index (χ3v) is 5.52. The summed E-state index contributed by atoms with van der Waals surface area (Å²) in [5, 5.41) is 0. The summed E-state index contributed by atoms with van der Waals surface area (Å²) < 4.78 is 36.2. The van der Waals surface area contributed by atoms with E-state index in [0.29, 0.717) is 19.3 Å². The molecule has 2 aliphatic heterocycles. The van der Waals surface area contributed by atoms with Crippen molar-refractivity contribution in [3.05, 3.63) is 24.1 Å². The van der Waals surface area contributed by atoms with E-state index in [9.17, 15) is 9.18 Å². The second-order valence-corrected chi connectivity index (χ2v) is 7.04. The molecule has 0 amide bonds. The smallest absolute Gasteiger partial charge is 0.167 e. The molecular weight excluding hydrogens is 315 g/mol. The maximum atomic E-state index is 13.3. The molecule has 2 saturated heterocycles. The fraction of sp³-hybridized carbons (Fsp3) is 0.722. The molecule has 0 bridgehead atoms. The van der Waals surface area contributed by atoms with E-state index in [-0.39, 0.29) is 54.2 Å². The highest BCUT2D eigenvalue weighted by Crippen LogP contribution is 2.48. The first-order valence-corrected chi connectivity index (χ1v) is 8.71. The molecule has 2 aliphatic carbocycles. The molecule has 0 N–H and O–H groups in total. The molecule has 1 unspecified atom stereocenters. The Morgan fingerprint density at radius 2 is 1.75 bits per heavy atom. The minimum absolute atomic E-state index is 0.0367. The third kappa shape index (κ3) is 2.86. The Morgan fingerprint density at radius 3 is 2.33 bits per heavy atom. The molecule has 3 fully saturated rings. The van der Waals surface area contributed by atoms with E-state index in [0.717, 1.165) is 0 Å². The average molecular weight is 338 g/mol. The number of rotatable bonds is 3. The Hall–Kier alpha value is -1.08. The van der Waals surface area contributed by atoms with E-state index in [4.69, 9.17) is 18.9 Å². The van der Waals surface area contributed by atoms with Gasteiger partial charge in [0.25, 0.3) is 0 Å². The van der Waals surface area contributed by atoms with E-state index in [2.05, 4.69) is 0 Å². The second kappa shape index (κ2) is 6.33. The molecule has 0 aromatic carbocycles. The first-order chi connectivity index (χ1) is 11.5. The summed E-state index contributed by atoms with van der Waals surface area (Å²) in [6.45, 7) is 3.69. The molecular formula is C18H23FO5. The lowest BCUT2D eigenvalue weighted by Gasteiger charge is -2.52. The number of carbonyl (C=O) groups excluding carboxylic acids is 1. The molecule has 4 atom stereocenters. The molecule has 2 heterocycles.